The van der Waals surface area contributed by atoms with Crippen molar-refractivity contribution in [1.82, 2.24) is 34.6 Å². The normalized spacial score (nSPS) is 24.7. The zero-order chi connectivity index (χ0) is 30.4. The number of rotatable bonds is 9. The smallest absolute Gasteiger partial charge is 0.368 e. The third kappa shape index (κ3) is 6.44. The molecule has 16 heteroatoms. The standard InChI is InChI=1S/C27H31F4N9O2S/c28-19-1-3-20(4-2-19)36-25-22(23-8-11-39(38-23)12-9-26(29,30)31)15-34-27(32,37-25)18-7-10-33-24(13-18)17-14-35-40(16-17)43(41,42)21-5-6-21/h7-8,10-11,13-16,19-21,36-37H,1-6,9,12,32H2. The summed E-state index contributed by atoms with van der Waals surface area (Å²) in [6, 6.07) is 4.88. The molecule has 0 amide bonds. The summed E-state index contributed by atoms with van der Waals surface area (Å²) >= 11 is 0. The Morgan fingerprint density at radius 2 is 1.88 bits per heavy atom. The number of nitrogens with two attached hydrogens (primary N) is 1. The molecule has 3 aliphatic rings. The van der Waals surface area contributed by atoms with Crippen LogP contribution in [0.1, 0.15) is 56.2 Å². The second-order valence-corrected chi connectivity index (χ2v) is 13.2. The minimum absolute atomic E-state index is 0.0696. The summed E-state index contributed by atoms with van der Waals surface area (Å²) in [6.45, 7) is -0.330. The van der Waals surface area contributed by atoms with Gasteiger partial charge in [-0.25, -0.2) is 17.8 Å². The Bertz CT molecular complexity index is 1650. The second-order valence-electron chi connectivity index (χ2n) is 11.1. The molecule has 2 aliphatic carbocycles. The number of nitrogens with zero attached hydrogens (tertiary/aromatic N) is 6. The number of allylic oxidation sites excluding steroid dienone is 1. The topological polar surface area (TPSA) is 145 Å². The molecule has 0 aromatic carbocycles. The molecular formula is C27H31F4N9O2S. The quantitative estimate of drug-likeness (QED) is 0.309. The Balaban J connectivity index is 1.28. The van der Waals surface area contributed by atoms with E-state index in [1.165, 1.54) is 35.7 Å². The van der Waals surface area contributed by atoms with Crippen molar-refractivity contribution in [2.24, 2.45) is 10.7 Å². The lowest BCUT2D eigenvalue weighted by Crippen LogP contribution is -2.54. The minimum atomic E-state index is -4.31. The lowest BCUT2D eigenvalue weighted by atomic mass is 9.93. The van der Waals surface area contributed by atoms with Crippen LogP contribution in [0.15, 0.2) is 53.8 Å². The third-order valence-corrected chi connectivity index (χ3v) is 9.83. The molecule has 6 rings (SSSR count). The first kappa shape index (κ1) is 29.3. The molecule has 1 aliphatic heterocycles. The molecule has 43 heavy (non-hydrogen) atoms. The summed E-state index contributed by atoms with van der Waals surface area (Å²) in [5.41, 5.74) is 9.08. The Morgan fingerprint density at radius 1 is 1.12 bits per heavy atom. The van der Waals surface area contributed by atoms with E-state index in [1.54, 1.807) is 18.2 Å². The number of aryl methyl sites for hydroxylation is 1. The van der Waals surface area contributed by atoms with Crippen molar-refractivity contribution in [2.75, 3.05) is 0 Å². The van der Waals surface area contributed by atoms with Crippen molar-refractivity contribution in [3.05, 3.63) is 60.1 Å². The first-order valence-corrected chi connectivity index (χ1v) is 15.5. The van der Waals surface area contributed by atoms with Gasteiger partial charge in [0.05, 0.1) is 41.0 Å². The molecule has 230 valence electrons. The summed E-state index contributed by atoms with van der Waals surface area (Å²) in [4.78, 5) is 8.93. The van der Waals surface area contributed by atoms with Gasteiger partial charge in [-0.05, 0) is 56.7 Å². The van der Waals surface area contributed by atoms with E-state index in [-0.39, 0.29) is 12.6 Å². The molecule has 1 atom stereocenters. The van der Waals surface area contributed by atoms with Gasteiger partial charge in [0.25, 0.3) is 10.0 Å². The van der Waals surface area contributed by atoms with Gasteiger partial charge in [0.1, 0.15) is 12.0 Å². The first-order valence-electron chi connectivity index (χ1n) is 14.0. The molecule has 3 aromatic rings. The number of hydrogen-bond acceptors (Lipinski definition) is 9. The van der Waals surface area contributed by atoms with Gasteiger partial charge >= 0.3 is 6.18 Å². The van der Waals surface area contributed by atoms with E-state index in [0.717, 1.165) is 4.09 Å². The van der Waals surface area contributed by atoms with Crippen molar-refractivity contribution in [3.63, 3.8) is 0 Å². The molecule has 0 radical (unpaired) electrons. The Kier molecular flexibility index (Phi) is 7.52. The van der Waals surface area contributed by atoms with Gasteiger partial charge in [-0.2, -0.15) is 27.5 Å². The number of nitrogens with one attached hydrogen (secondary N) is 2. The van der Waals surface area contributed by atoms with Crippen molar-refractivity contribution < 1.29 is 26.0 Å². The van der Waals surface area contributed by atoms with Crippen LogP contribution in [-0.2, 0) is 22.4 Å². The molecule has 0 saturated heterocycles. The first-order chi connectivity index (χ1) is 20.4. The number of alkyl halides is 4. The summed E-state index contributed by atoms with van der Waals surface area (Å²) in [5, 5.41) is 14.6. The molecule has 4 N–H and O–H groups in total. The highest BCUT2D eigenvalue weighted by Gasteiger charge is 2.38. The van der Waals surface area contributed by atoms with Gasteiger partial charge < -0.3 is 10.6 Å². The number of aromatic nitrogens is 5. The van der Waals surface area contributed by atoms with Crippen molar-refractivity contribution in [2.45, 2.75) is 80.9 Å². The van der Waals surface area contributed by atoms with E-state index in [1.807, 2.05) is 0 Å². The lowest BCUT2D eigenvalue weighted by molar-refractivity contribution is -0.137. The highest BCUT2D eigenvalue weighted by Crippen LogP contribution is 2.32. The number of pyridine rings is 1. The predicted molar refractivity (Wildman–Crippen MR) is 150 cm³/mol. The van der Waals surface area contributed by atoms with Crippen molar-refractivity contribution in [1.29, 1.82) is 0 Å². The van der Waals surface area contributed by atoms with E-state index < -0.39 is 39.8 Å². The van der Waals surface area contributed by atoms with Gasteiger partial charge in [-0.1, -0.05) is 0 Å². The summed E-state index contributed by atoms with van der Waals surface area (Å²) < 4.78 is 79.5. The van der Waals surface area contributed by atoms with Crippen LogP contribution in [-0.4, -0.2) is 62.2 Å². The van der Waals surface area contributed by atoms with E-state index in [0.29, 0.717) is 72.4 Å². The van der Waals surface area contributed by atoms with E-state index >= 15 is 0 Å². The fraction of sp³-hybridized carbons (Fsp3) is 0.481. The van der Waals surface area contributed by atoms with Crippen LogP contribution in [0.5, 0.6) is 0 Å². The van der Waals surface area contributed by atoms with Gasteiger partial charge in [-0.15, -0.1) is 0 Å². The Labute approximate surface area is 245 Å². The maximum Gasteiger partial charge on any atom is 0.390 e. The largest absolute Gasteiger partial charge is 0.390 e. The van der Waals surface area contributed by atoms with Gasteiger partial charge in [0, 0.05) is 42.3 Å². The SMILES string of the molecule is NC1(c2ccnc(-c3cnn(S(=O)(=O)C4CC4)c3)c2)N=CC(c2ccn(CCC(F)(F)F)n2)=C(NC2CCC(F)CC2)N1. The van der Waals surface area contributed by atoms with Crippen LogP contribution in [0.25, 0.3) is 16.8 Å². The molecule has 0 spiro atoms. The van der Waals surface area contributed by atoms with E-state index in [9.17, 15) is 26.0 Å². The number of aliphatic imine (C=N–C) groups is 1. The molecule has 2 fully saturated rings. The van der Waals surface area contributed by atoms with Gasteiger partial charge in [-0.3, -0.25) is 15.4 Å². The zero-order valence-corrected chi connectivity index (χ0v) is 23.8. The number of hydrogen-bond donors (Lipinski definition) is 3. The highest BCUT2D eigenvalue weighted by molar-refractivity contribution is 7.90. The van der Waals surface area contributed by atoms with Gasteiger partial charge in [0.15, 0.2) is 0 Å². The summed E-state index contributed by atoms with van der Waals surface area (Å²) in [7, 11) is -3.55. The van der Waals surface area contributed by atoms with Crippen molar-refractivity contribution in [3.8, 4) is 11.3 Å². The maximum absolute atomic E-state index is 13.8. The summed E-state index contributed by atoms with van der Waals surface area (Å²) in [5.74, 6) is -1.03. The molecule has 3 aromatic heterocycles. The van der Waals surface area contributed by atoms with Crippen LogP contribution >= 0.6 is 0 Å². The molecule has 11 nitrogen and oxygen atoms in total. The monoisotopic (exact) mass is 621 g/mol. The maximum atomic E-state index is 13.8. The Hall–Kier alpha value is -3.79. The number of halogens is 4. The second kappa shape index (κ2) is 11.0. The average Bonchev–Trinajstić information content (AvgIpc) is 3.53. The molecular weight excluding hydrogens is 590 g/mol. The average molecular weight is 622 g/mol. The van der Waals surface area contributed by atoms with E-state index in [2.05, 4.69) is 30.8 Å². The fourth-order valence-corrected chi connectivity index (χ4v) is 6.64. The minimum Gasteiger partial charge on any atom is -0.368 e. The Morgan fingerprint density at radius 3 is 2.60 bits per heavy atom. The highest BCUT2D eigenvalue weighted by atomic mass is 32.2. The van der Waals surface area contributed by atoms with Crippen LogP contribution in [0.2, 0.25) is 0 Å². The van der Waals surface area contributed by atoms with Crippen LogP contribution in [0.3, 0.4) is 0 Å². The summed E-state index contributed by atoms with van der Waals surface area (Å²) in [6.07, 6.45) is 4.38. The van der Waals surface area contributed by atoms with Crippen molar-refractivity contribution >= 4 is 21.8 Å². The molecule has 1 unspecified atom stereocenters. The molecule has 0 bridgehead atoms. The third-order valence-electron chi connectivity index (χ3n) is 7.79. The fourth-order valence-electron chi connectivity index (χ4n) is 5.17. The van der Waals surface area contributed by atoms with Crippen LogP contribution < -0.4 is 16.4 Å². The zero-order valence-electron chi connectivity index (χ0n) is 23.0. The molecule has 4 heterocycles. The predicted octanol–water partition coefficient (Wildman–Crippen LogP) is 3.42. The van der Waals surface area contributed by atoms with Crippen LogP contribution in [0.4, 0.5) is 17.6 Å². The van der Waals surface area contributed by atoms with Gasteiger partial charge in [0.2, 0.25) is 5.79 Å². The van der Waals surface area contributed by atoms with Crippen LogP contribution in [0, 0.1) is 0 Å². The lowest BCUT2D eigenvalue weighted by Gasteiger charge is -2.36. The van der Waals surface area contributed by atoms with E-state index in [4.69, 9.17) is 5.73 Å². The molecule has 2 saturated carbocycles.